The molecule has 1 aromatic carbocycles. The molecule has 0 aliphatic carbocycles. The highest BCUT2D eigenvalue weighted by molar-refractivity contribution is 5.96. The van der Waals surface area contributed by atoms with Crippen molar-refractivity contribution in [3.05, 3.63) is 35.4 Å². The van der Waals surface area contributed by atoms with Crippen molar-refractivity contribution in [1.82, 2.24) is 0 Å². The number of carbonyl (C=O) groups is 2. The summed E-state index contributed by atoms with van der Waals surface area (Å²) in [6, 6.07) is 5.84. The van der Waals surface area contributed by atoms with Gasteiger partial charge in [-0.3, -0.25) is 9.59 Å². The van der Waals surface area contributed by atoms with Crippen LogP contribution in [0.1, 0.15) is 65.7 Å². The molecule has 23 heavy (non-hydrogen) atoms. The van der Waals surface area contributed by atoms with E-state index < -0.39 is 11.8 Å². The smallest absolute Gasteiger partial charge is 0.248 e. The molecule has 0 heterocycles. The van der Waals surface area contributed by atoms with Crippen molar-refractivity contribution >= 4 is 11.8 Å². The highest BCUT2D eigenvalue weighted by atomic mass is 16.1. The van der Waals surface area contributed by atoms with Crippen LogP contribution in [-0.4, -0.2) is 24.9 Å². The summed E-state index contributed by atoms with van der Waals surface area (Å²) in [4.78, 5) is 21.2. The third kappa shape index (κ3) is 11.3. The van der Waals surface area contributed by atoms with E-state index in [1.807, 2.05) is 0 Å². The van der Waals surface area contributed by atoms with Crippen molar-refractivity contribution in [2.24, 2.45) is 22.9 Å². The summed E-state index contributed by atoms with van der Waals surface area (Å²) in [5.41, 5.74) is 21.4. The maximum absolute atomic E-state index is 10.6. The van der Waals surface area contributed by atoms with E-state index in [1.165, 1.54) is 69.2 Å². The molecule has 130 valence electrons. The number of benzene rings is 1. The average Bonchev–Trinajstić information content (AvgIpc) is 2.55. The molecular weight excluding hydrogens is 292 g/mol. The third-order valence-corrected chi connectivity index (χ3v) is 3.36. The number of amides is 2. The summed E-state index contributed by atoms with van der Waals surface area (Å²) < 4.78 is 0. The van der Waals surface area contributed by atoms with Crippen LogP contribution in [0.3, 0.4) is 0 Å². The maximum atomic E-state index is 10.6. The first-order valence-corrected chi connectivity index (χ1v) is 8.12. The zero-order valence-electron chi connectivity index (χ0n) is 13.8. The molecule has 6 heteroatoms. The predicted octanol–water partition coefficient (Wildman–Crippen LogP) is 1.52. The van der Waals surface area contributed by atoms with Gasteiger partial charge in [-0.2, -0.15) is 0 Å². The minimum Gasteiger partial charge on any atom is -0.366 e. The van der Waals surface area contributed by atoms with E-state index >= 15 is 0 Å². The van der Waals surface area contributed by atoms with Crippen molar-refractivity contribution in [1.29, 1.82) is 0 Å². The number of hydrogen-bond donors (Lipinski definition) is 4. The van der Waals surface area contributed by atoms with Crippen molar-refractivity contribution in [2.45, 2.75) is 44.9 Å². The lowest BCUT2D eigenvalue weighted by atomic mass is 10.1. The number of carbonyl (C=O) groups excluding carboxylic acids is 2. The van der Waals surface area contributed by atoms with E-state index in [-0.39, 0.29) is 0 Å². The third-order valence-electron chi connectivity index (χ3n) is 3.36. The molecule has 0 aromatic heterocycles. The van der Waals surface area contributed by atoms with E-state index in [2.05, 4.69) is 0 Å². The van der Waals surface area contributed by atoms with Crippen molar-refractivity contribution in [3.8, 4) is 0 Å². The van der Waals surface area contributed by atoms with E-state index in [9.17, 15) is 9.59 Å². The zero-order chi connectivity index (χ0) is 17.5. The SMILES string of the molecule is NC(=O)c1ccc(C(N)=O)cc1.NCCCCCCCCCN. The molecule has 0 saturated heterocycles. The minimum atomic E-state index is -0.522. The number of rotatable bonds is 10. The second-order valence-electron chi connectivity index (χ2n) is 5.36. The molecule has 0 bridgehead atoms. The van der Waals surface area contributed by atoms with Gasteiger partial charge in [-0.15, -0.1) is 0 Å². The molecular formula is C17H30N4O2. The van der Waals surface area contributed by atoms with Gasteiger partial charge in [0.05, 0.1) is 0 Å². The molecule has 0 saturated carbocycles. The highest BCUT2D eigenvalue weighted by Gasteiger charge is 2.02. The van der Waals surface area contributed by atoms with Gasteiger partial charge in [0.15, 0.2) is 0 Å². The highest BCUT2D eigenvalue weighted by Crippen LogP contribution is 2.05. The van der Waals surface area contributed by atoms with Gasteiger partial charge in [0.2, 0.25) is 11.8 Å². The summed E-state index contributed by atoms with van der Waals surface area (Å²) in [5.74, 6) is -1.04. The molecule has 0 fully saturated rings. The summed E-state index contributed by atoms with van der Waals surface area (Å²) in [6.07, 6.45) is 9.05. The Balaban J connectivity index is 0.000000423. The Bertz CT molecular complexity index is 405. The van der Waals surface area contributed by atoms with Gasteiger partial charge in [0.1, 0.15) is 0 Å². The van der Waals surface area contributed by atoms with Gasteiger partial charge >= 0.3 is 0 Å². The fourth-order valence-corrected chi connectivity index (χ4v) is 1.97. The first-order chi connectivity index (χ1) is 11.0. The van der Waals surface area contributed by atoms with Crippen LogP contribution in [0.5, 0.6) is 0 Å². The lowest BCUT2D eigenvalue weighted by Crippen LogP contribution is -2.13. The van der Waals surface area contributed by atoms with E-state index in [1.54, 1.807) is 0 Å². The standard InChI is InChI=1S/C9H22N2.C8H8N2O2/c10-8-6-4-2-1-3-5-7-9-11;9-7(11)5-1-2-6(4-3-5)8(10)12/h1-11H2;1-4H,(H2,9,11)(H2,10,12). The molecule has 0 aliphatic rings. The maximum Gasteiger partial charge on any atom is 0.248 e. The molecule has 6 nitrogen and oxygen atoms in total. The topological polar surface area (TPSA) is 138 Å². The van der Waals surface area contributed by atoms with Crippen LogP contribution in [0.15, 0.2) is 24.3 Å². The fourth-order valence-electron chi connectivity index (χ4n) is 1.97. The van der Waals surface area contributed by atoms with Crippen LogP contribution in [-0.2, 0) is 0 Å². The quantitative estimate of drug-likeness (QED) is 0.485. The number of primary amides is 2. The van der Waals surface area contributed by atoms with Gasteiger partial charge in [0, 0.05) is 11.1 Å². The first-order valence-electron chi connectivity index (χ1n) is 8.12. The summed E-state index contributed by atoms with van der Waals surface area (Å²) in [6.45, 7) is 1.70. The number of nitrogens with two attached hydrogens (primary N) is 4. The Morgan fingerprint density at radius 2 is 0.870 bits per heavy atom. The van der Waals surface area contributed by atoms with Crippen molar-refractivity contribution < 1.29 is 9.59 Å². The molecule has 2 amide bonds. The lowest BCUT2D eigenvalue weighted by Gasteiger charge is -1.99. The van der Waals surface area contributed by atoms with Crippen LogP contribution < -0.4 is 22.9 Å². The second-order valence-corrected chi connectivity index (χ2v) is 5.36. The van der Waals surface area contributed by atoms with Crippen LogP contribution >= 0.6 is 0 Å². The van der Waals surface area contributed by atoms with Gasteiger partial charge in [-0.05, 0) is 50.2 Å². The largest absolute Gasteiger partial charge is 0.366 e. The van der Waals surface area contributed by atoms with E-state index in [0.29, 0.717) is 11.1 Å². The Hall–Kier alpha value is -1.92. The molecule has 1 rings (SSSR count). The molecule has 0 spiro atoms. The second kappa shape index (κ2) is 13.7. The molecule has 1 aromatic rings. The van der Waals surface area contributed by atoms with E-state index in [0.717, 1.165) is 13.1 Å². The van der Waals surface area contributed by atoms with E-state index in [4.69, 9.17) is 22.9 Å². The fraction of sp³-hybridized carbons (Fsp3) is 0.529. The number of hydrogen-bond acceptors (Lipinski definition) is 4. The van der Waals surface area contributed by atoms with Crippen LogP contribution in [0.4, 0.5) is 0 Å². The summed E-state index contributed by atoms with van der Waals surface area (Å²) in [5, 5.41) is 0. The molecule has 0 atom stereocenters. The summed E-state index contributed by atoms with van der Waals surface area (Å²) >= 11 is 0. The average molecular weight is 322 g/mol. The van der Waals surface area contributed by atoms with Gasteiger partial charge in [-0.25, -0.2) is 0 Å². The normalized spacial score (nSPS) is 9.83. The molecule has 0 unspecified atom stereocenters. The molecule has 8 N–H and O–H groups in total. The van der Waals surface area contributed by atoms with Gasteiger partial charge in [0.25, 0.3) is 0 Å². The predicted molar refractivity (Wildman–Crippen MR) is 93.9 cm³/mol. The van der Waals surface area contributed by atoms with Gasteiger partial charge < -0.3 is 22.9 Å². The van der Waals surface area contributed by atoms with Crippen LogP contribution in [0, 0.1) is 0 Å². The lowest BCUT2D eigenvalue weighted by molar-refractivity contribution is 0.0988. The van der Waals surface area contributed by atoms with Crippen molar-refractivity contribution in [3.63, 3.8) is 0 Å². The van der Waals surface area contributed by atoms with Crippen molar-refractivity contribution in [2.75, 3.05) is 13.1 Å². The minimum absolute atomic E-state index is 0.361. The summed E-state index contributed by atoms with van der Waals surface area (Å²) in [7, 11) is 0. The van der Waals surface area contributed by atoms with Crippen LogP contribution in [0.2, 0.25) is 0 Å². The zero-order valence-corrected chi connectivity index (χ0v) is 13.8. The van der Waals surface area contributed by atoms with Crippen LogP contribution in [0.25, 0.3) is 0 Å². The van der Waals surface area contributed by atoms with Gasteiger partial charge in [-0.1, -0.05) is 32.1 Å². The first kappa shape index (κ1) is 21.1. The monoisotopic (exact) mass is 322 g/mol. The Morgan fingerprint density at radius 3 is 1.09 bits per heavy atom. The number of unbranched alkanes of at least 4 members (excludes halogenated alkanes) is 6. The Kier molecular flexibility index (Phi) is 12.6. The Morgan fingerprint density at radius 1 is 0.609 bits per heavy atom. The molecule has 0 aliphatic heterocycles. The molecule has 0 radical (unpaired) electrons. The Labute approximate surface area is 138 Å².